The Bertz CT molecular complexity index is 294. The highest BCUT2D eigenvalue weighted by Crippen LogP contribution is 2.15. The number of pyridine rings is 1. The van der Waals surface area contributed by atoms with E-state index < -0.39 is 0 Å². The normalized spacial score (nSPS) is 11.1. The number of hydrogen-bond acceptors (Lipinski definition) is 2. The average Bonchev–Trinajstić information content (AvgIpc) is 2.14. The third-order valence-electron chi connectivity index (χ3n) is 2.00. The Labute approximate surface area is 92.7 Å². The van der Waals surface area contributed by atoms with Crippen molar-refractivity contribution in [2.24, 2.45) is 11.8 Å². The summed E-state index contributed by atoms with van der Waals surface area (Å²) in [5, 5.41) is 0. The first kappa shape index (κ1) is 12.0. The van der Waals surface area contributed by atoms with E-state index in [-0.39, 0.29) is 0 Å². The maximum absolute atomic E-state index is 5.63. The van der Waals surface area contributed by atoms with Crippen molar-refractivity contribution >= 4 is 0 Å². The van der Waals surface area contributed by atoms with E-state index in [1.807, 2.05) is 6.20 Å². The van der Waals surface area contributed by atoms with Crippen molar-refractivity contribution in [1.29, 1.82) is 0 Å². The Kier molecular flexibility index (Phi) is 4.60. The molecule has 0 bridgehead atoms. The maximum Gasteiger partial charge on any atom is 0.137 e. The van der Waals surface area contributed by atoms with Crippen molar-refractivity contribution in [1.82, 2.24) is 4.98 Å². The van der Waals surface area contributed by atoms with Gasteiger partial charge >= 0.3 is 0 Å². The molecular formula is C13H21NO. The molecule has 0 aliphatic rings. The van der Waals surface area contributed by atoms with Gasteiger partial charge in [-0.05, 0) is 29.9 Å². The third kappa shape index (κ3) is 4.82. The Morgan fingerprint density at radius 1 is 1.13 bits per heavy atom. The highest BCUT2D eigenvalue weighted by molar-refractivity contribution is 5.23. The summed E-state index contributed by atoms with van der Waals surface area (Å²) in [5.41, 5.74) is 1.26. The molecule has 0 unspecified atom stereocenters. The van der Waals surface area contributed by atoms with Gasteiger partial charge in [-0.25, -0.2) is 0 Å². The van der Waals surface area contributed by atoms with Gasteiger partial charge in [-0.3, -0.25) is 4.98 Å². The predicted molar refractivity (Wildman–Crippen MR) is 63.1 cm³/mol. The van der Waals surface area contributed by atoms with Gasteiger partial charge in [-0.2, -0.15) is 0 Å². The van der Waals surface area contributed by atoms with Crippen LogP contribution in [0.2, 0.25) is 0 Å². The van der Waals surface area contributed by atoms with E-state index in [0.29, 0.717) is 11.8 Å². The van der Waals surface area contributed by atoms with Crippen LogP contribution in [0.5, 0.6) is 5.75 Å². The zero-order valence-corrected chi connectivity index (χ0v) is 10.2. The Morgan fingerprint density at radius 3 is 2.47 bits per heavy atom. The van der Waals surface area contributed by atoms with Crippen LogP contribution >= 0.6 is 0 Å². The summed E-state index contributed by atoms with van der Waals surface area (Å²) in [7, 11) is 0. The third-order valence-corrected chi connectivity index (χ3v) is 2.00. The summed E-state index contributed by atoms with van der Waals surface area (Å²) in [6, 6.07) is 2.09. The molecule has 1 aromatic rings. The van der Waals surface area contributed by atoms with E-state index in [4.69, 9.17) is 4.74 Å². The highest BCUT2D eigenvalue weighted by Gasteiger charge is 2.01. The second kappa shape index (κ2) is 5.74. The molecule has 0 spiro atoms. The van der Waals surface area contributed by atoms with Crippen LogP contribution in [0.25, 0.3) is 0 Å². The van der Waals surface area contributed by atoms with Gasteiger partial charge in [0, 0.05) is 6.20 Å². The van der Waals surface area contributed by atoms with Crippen molar-refractivity contribution < 1.29 is 4.74 Å². The second-order valence-corrected chi connectivity index (χ2v) is 4.83. The van der Waals surface area contributed by atoms with Crippen LogP contribution in [0.1, 0.15) is 33.3 Å². The van der Waals surface area contributed by atoms with Gasteiger partial charge in [0.05, 0.1) is 12.8 Å². The fourth-order valence-electron chi connectivity index (χ4n) is 1.39. The van der Waals surface area contributed by atoms with Gasteiger partial charge in [0.1, 0.15) is 5.75 Å². The van der Waals surface area contributed by atoms with E-state index in [2.05, 4.69) is 38.7 Å². The first-order valence-electron chi connectivity index (χ1n) is 5.64. The molecule has 2 heteroatoms. The summed E-state index contributed by atoms with van der Waals surface area (Å²) < 4.78 is 5.63. The Hall–Kier alpha value is -1.05. The minimum absolute atomic E-state index is 0.554. The van der Waals surface area contributed by atoms with Crippen molar-refractivity contribution in [2.45, 2.75) is 34.1 Å². The number of nitrogens with zero attached hydrogens (tertiary/aromatic N) is 1. The molecule has 0 aliphatic carbocycles. The molecule has 0 saturated carbocycles. The van der Waals surface area contributed by atoms with Crippen LogP contribution in [0.3, 0.4) is 0 Å². The van der Waals surface area contributed by atoms with Crippen LogP contribution in [0, 0.1) is 11.8 Å². The minimum Gasteiger partial charge on any atom is -0.492 e. The van der Waals surface area contributed by atoms with Crippen LogP contribution in [-0.4, -0.2) is 11.6 Å². The highest BCUT2D eigenvalue weighted by atomic mass is 16.5. The Balaban J connectivity index is 2.57. The van der Waals surface area contributed by atoms with E-state index in [0.717, 1.165) is 18.8 Å². The van der Waals surface area contributed by atoms with Gasteiger partial charge in [-0.15, -0.1) is 0 Å². The largest absolute Gasteiger partial charge is 0.492 e. The van der Waals surface area contributed by atoms with Crippen LogP contribution < -0.4 is 4.74 Å². The summed E-state index contributed by atoms with van der Waals surface area (Å²) in [6.45, 7) is 9.47. The lowest BCUT2D eigenvalue weighted by Crippen LogP contribution is -2.05. The molecule has 2 nitrogen and oxygen atoms in total. The standard InChI is InChI=1S/C13H21NO/c1-10(2)5-12-6-13(8-14-7-12)15-9-11(3)4/h6-8,10-11H,5,9H2,1-4H3. The smallest absolute Gasteiger partial charge is 0.137 e. The maximum atomic E-state index is 5.63. The quantitative estimate of drug-likeness (QED) is 0.739. The molecule has 0 radical (unpaired) electrons. The van der Waals surface area contributed by atoms with E-state index in [1.165, 1.54) is 5.56 Å². The molecule has 0 saturated heterocycles. The fourth-order valence-corrected chi connectivity index (χ4v) is 1.39. The minimum atomic E-state index is 0.554. The molecule has 1 heterocycles. The average molecular weight is 207 g/mol. The number of ether oxygens (including phenoxy) is 1. The summed E-state index contributed by atoms with van der Waals surface area (Å²) in [6.07, 6.45) is 4.76. The molecule has 0 aliphatic heterocycles. The van der Waals surface area contributed by atoms with E-state index in [1.54, 1.807) is 6.20 Å². The van der Waals surface area contributed by atoms with Gasteiger partial charge in [-0.1, -0.05) is 27.7 Å². The summed E-state index contributed by atoms with van der Waals surface area (Å²) >= 11 is 0. The molecule has 0 aromatic carbocycles. The molecule has 1 aromatic heterocycles. The Morgan fingerprint density at radius 2 is 1.87 bits per heavy atom. The summed E-state index contributed by atoms with van der Waals surface area (Å²) in [4.78, 5) is 4.19. The molecule has 0 atom stereocenters. The fraction of sp³-hybridized carbons (Fsp3) is 0.615. The molecule has 15 heavy (non-hydrogen) atoms. The monoisotopic (exact) mass is 207 g/mol. The summed E-state index contributed by atoms with van der Waals surface area (Å²) in [5.74, 6) is 2.10. The van der Waals surface area contributed by atoms with Crippen LogP contribution in [0.4, 0.5) is 0 Å². The lowest BCUT2D eigenvalue weighted by molar-refractivity contribution is 0.270. The molecule has 0 amide bonds. The molecule has 1 rings (SSSR count). The SMILES string of the molecule is CC(C)COc1cncc(CC(C)C)c1. The van der Waals surface area contributed by atoms with Crippen molar-refractivity contribution in [3.63, 3.8) is 0 Å². The van der Waals surface area contributed by atoms with Crippen LogP contribution in [-0.2, 0) is 6.42 Å². The number of aromatic nitrogens is 1. The second-order valence-electron chi connectivity index (χ2n) is 4.83. The lowest BCUT2D eigenvalue weighted by atomic mass is 10.1. The van der Waals surface area contributed by atoms with Crippen molar-refractivity contribution in [2.75, 3.05) is 6.61 Å². The number of rotatable bonds is 5. The van der Waals surface area contributed by atoms with Gasteiger partial charge in [0.15, 0.2) is 0 Å². The predicted octanol–water partition coefficient (Wildman–Crippen LogP) is 3.31. The van der Waals surface area contributed by atoms with Gasteiger partial charge in [0.2, 0.25) is 0 Å². The van der Waals surface area contributed by atoms with Crippen molar-refractivity contribution in [3.8, 4) is 5.75 Å². The van der Waals surface area contributed by atoms with E-state index >= 15 is 0 Å². The molecule has 84 valence electrons. The number of hydrogen-bond donors (Lipinski definition) is 0. The lowest BCUT2D eigenvalue weighted by Gasteiger charge is -2.10. The molecule has 0 fully saturated rings. The first-order valence-corrected chi connectivity index (χ1v) is 5.64. The van der Waals surface area contributed by atoms with Gasteiger partial charge < -0.3 is 4.74 Å². The molecule has 0 N–H and O–H groups in total. The van der Waals surface area contributed by atoms with Crippen molar-refractivity contribution in [3.05, 3.63) is 24.0 Å². The van der Waals surface area contributed by atoms with Gasteiger partial charge in [0.25, 0.3) is 0 Å². The van der Waals surface area contributed by atoms with Crippen LogP contribution in [0.15, 0.2) is 18.5 Å². The van der Waals surface area contributed by atoms with E-state index in [9.17, 15) is 0 Å². The first-order chi connectivity index (χ1) is 7.08. The molecular weight excluding hydrogens is 186 g/mol. The zero-order valence-electron chi connectivity index (χ0n) is 10.2. The zero-order chi connectivity index (χ0) is 11.3. The topological polar surface area (TPSA) is 22.1 Å².